The third-order valence-corrected chi connectivity index (χ3v) is 3.49. The number of nitrogens with zero attached hydrogens (tertiary/aromatic N) is 1. The number of aromatic nitrogens is 1. The van der Waals surface area contributed by atoms with Gasteiger partial charge in [-0.15, -0.1) is 0 Å². The van der Waals surface area contributed by atoms with Crippen molar-refractivity contribution in [1.29, 1.82) is 0 Å². The highest BCUT2D eigenvalue weighted by atomic mass is 16.5. The Hall–Kier alpha value is -2.88. The van der Waals surface area contributed by atoms with Gasteiger partial charge in [0.2, 0.25) is 0 Å². The van der Waals surface area contributed by atoms with Crippen LogP contribution in [0.1, 0.15) is 20.7 Å². The Kier molecular flexibility index (Phi) is 3.74. The average molecular weight is 293 g/mol. The Labute approximate surface area is 127 Å². The lowest BCUT2D eigenvalue weighted by atomic mass is 10.2. The fourth-order valence-corrected chi connectivity index (χ4v) is 2.43. The van der Waals surface area contributed by atoms with Gasteiger partial charge in [0.05, 0.1) is 5.52 Å². The molecule has 1 aromatic heterocycles. The van der Waals surface area contributed by atoms with E-state index in [2.05, 4.69) is 0 Å². The van der Waals surface area contributed by atoms with Gasteiger partial charge in [-0.2, -0.15) is 0 Å². The van der Waals surface area contributed by atoms with E-state index in [9.17, 15) is 9.59 Å². The molecule has 0 aliphatic carbocycles. The number of para-hydroxylation sites is 1. The van der Waals surface area contributed by atoms with Crippen LogP contribution in [0.25, 0.3) is 10.9 Å². The summed E-state index contributed by atoms with van der Waals surface area (Å²) in [6.07, 6.45) is 2.31. The van der Waals surface area contributed by atoms with Crippen LogP contribution >= 0.6 is 0 Å². The van der Waals surface area contributed by atoms with Crippen LogP contribution in [0.2, 0.25) is 0 Å². The number of hydrogen-bond donors (Lipinski definition) is 0. The highest BCUT2D eigenvalue weighted by Crippen LogP contribution is 2.20. The van der Waals surface area contributed by atoms with Crippen molar-refractivity contribution in [3.63, 3.8) is 0 Å². The molecule has 1 heterocycles. The van der Waals surface area contributed by atoms with Crippen molar-refractivity contribution in [2.24, 2.45) is 0 Å². The molecule has 0 aliphatic rings. The maximum Gasteiger partial charge on any atom is 0.269 e. The van der Waals surface area contributed by atoms with Crippen LogP contribution in [-0.4, -0.2) is 23.4 Å². The predicted octanol–water partition coefficient (Wildman–Crippen LogP) is 3.48. The maximum absolute atomic E-state index is 12.4. The molecule has 0 unspecified atom stereocenters. The van der Waals surface area contributed by atoms with E-state index in [1.165, 1.54) is 4.57 Å². The fraction of sp³-hybridized carbons (Fsp3) is 0.111. The number of ether oxygens (including phenoxy) is 1. The second-order valence-electron chi connectivity index (χ2n) is 5.09. The molecule has 0 atom stereocenters. The molecular weight excluding hydrogens is 278 g/mol. The van der Waals surface area contributed by atoms with Crippen molar-refractivity contribution in [3.8, 4) is 5.75 Å². The largest absolute Gasteiger partial charge is 0.484 e. The van der Waals surface area contributed by atoms with E-state index in [0.29, 0.717) is 16.8 Å². The van der Waals surface area contributed by atoms with E-state index in [4.69, 9.17) is 4.74 Å². The van der Waals surface area contributed by atoms with Crippen molar-refractivity contribution < 1.29 is 14.3 Å². The lowest BCUT2D eigenvalue weighted by molar-refractivity contribution is 0.0843. The van der Waals surface area contributed by atoms with Crippen LogP contribution in [-0.2, 0) is 0 Å². The number of aryl methyl sites for hydroxylation is 1. The molecule has 0 spiro atoms. The van der Waals surface area contributed by atoms with Crippen LogP contribution in [0.4, 0.5) is 0 Å². The number of benzene rings is 2. The molecular formula is C18H15NO3. The first kappa shape index (κ1) is 14.1. The van der Waals surface area contributed by atoms with Crippen LogP contribution in [0.15, 0.2) is 54.7 Å². The normalized spacial score (nSPS) is 10.6. The number of aldehydes is 1. The van der Waals surface area contributed by atoms with Crippen molar-refractivity contribution in [2.75, 3.05) is 6.61 Å². The SMILES string of the molecule is Cc1cccc(OCC(=O)n2cc(C=O)c3ccccc32)c1. The maximum atomic E-state index is 12.4. The van der Waals surface area contributed by atoms with Gasteiger partial charge in [-0.05, 0) is 30.7 Å². The van der Waals surface area contributed by atoms with Gasteiger partial charge in [0.25, 0.3) is 5.91 Å². The Morgan fingerprint density at radius 2 is 2.00 bits per heavy atom. The Bertz CT molecular complexity index is 848. The second kappa shape index (κ2) is 5.85. The third kappa shape index (κ3) is 2.63. The summed E-state index contributed by atoms with van der Waals surface area (Å²) in [4.78, 5) is 23.5. The van der Waals surface area contributed by atoms with Crippen molar-refractivity contribution in [3.05, 3.63) is 65.9 Å². The van der Waals surface area contributed by atoms with Gasteiger partial charge in [0, 0.05) is 17.1 Å². The first-order valence-corrected chi connectivity index (χ1v) is 6.97. The van der Waals surface area contributed by atoms with E-state index in [1.807, 2.05) is 55.5 Å². The molecule has 0 N–H and O–H groups in total. The molecule has 0 saturated carbocycles. The first-order valence-electron chi connectivity index (χ1n) is 6.97. The molecule has 3 rings (SSSR count). The van der Waals surface area contributed by atoms with E-state index >= 15 is 0 Å². The van der Waals surface area contributed by atoms with Crippen LogP contribution in [0, 0.1) is 6.92 Å². The van der Waals surface area contributed by atoms with Gasteiger partial charge in [-0.25, -0.2) is 0 Å². The number of fused-ring (bicyclic) bond motifs is 1. The summed E-state index contributed by atoms with van der Waals surface area (Å²) in [6, 6.07) is 14.8. The number of carbonyl (C=O) groups excluding carboxylic acids is 2. The molecule has 0 saturated heterocycles. The third-order valence-electron chi connectivity index (χ3n) is 3.49. The second-order valence-corrected chi connectivity index (χ2v) is 5.09. The summed E-state index contributed by atoms with van der Waals surface area (Å²) in [6.45, 7) is 1.88. The van der Waals surface area contributed by atoms with Gasteiger partial charge in [0.15, 0.2) is 12.9 Å². The molecule has 22 heavy (non-hydrogen) atoms. The lowest BCUT2D eigenvalue weighted by Gasteiger charge is -2.07. The summed E-state index contributed by atoms with van der Waals surface area (Å²) in [5.74, 6) is 0.436. The van der Waals surface area contributed by atoms with Gasteiger partial charge < -0.3 is 4.74 Å². The molecule has 0 radical (unpaired) electrons. The van der Waals surface area contributed by atoms with Gasteiger partial charge in [-0.3, -0.25) is 14.2 Å². The first-order chi connectivity index (χ1) is 10.7. The van der Waals surface area contributed by atoms with Gasteiger partial charge in [0.1, 0.15) is 5.75 Å². The Morgan fingerprint density at radius 1 is 1.18 bits per heavy atom. The Balaban J connectivity index is 1.85. The lowest BCUT2D eigenvalue weighted by Crippen LogP contribution is -2.18. The smallest absolute Gasteiger partial charge is 0.269 e. The predicted molar refractivity (Wildman–Crippen MR) is 84.6 cm³/mol. The zero-order valence-electron chi connectivity index (χ0n) is 12.2. The van der Waals surface area contributed by atoms with Crippen LogP contribution in [0.3, 0.4) is 0 Å². The van der Waals surface area contributed by atoms with E-state index in [1.54, 1.807) is 6.20 Å². The van der Waals surface area contributed by atoms with E-state index in [0.717, 1.165) is 17.2 Å². The monoisotopic (exact) mass is 293 g/mol. The summed E-state index contributed by atoms with van der Waals surface area (Å²) < 4.78 is 7.00. The molecule has 3 aromatic rings. The van der Waals surface area contributed by atoms with Crippen LogP contribution < -0.4 is 4.74 Å². The molecule has 0 aliphatic heterocycles. The number of hydrogen-bond acceptors (Lipinski definition) is 3. The zero-order chi connectivity index (χ0) is 15.5. The molecule has 0 amide bonds. The van der Waals surface area contributed by atoms with E-state index in [-0.39, 0.29) is 12.5 Å². The van der Waals surface area contributed by atoms with Crippen molar-refractivity contribution in [2.45, 2.75) is 6.92 Å². The molecule has 2 aromatic carbocycles. The van der Waals surface area contributed by atoms with Crippen molar-refractivity contribution in [1.82, 2.24) is 4.57 Å². The number of carbonyl (C=O) groups is 2. The minimum Gasteiger partial charge on any atom is -0.484 e. The highest BCUT2D eigenvalue weighted by Gasteiger charge is 2.13. The topological polar surface area (TPSA) is 48.3 Å². The standard InChI is InChI=1S/C18H15NO3/c1-13-5-4-6-15(9-13)22-12-18(21)19-10-14(11-20)16-7-2-3-8-17(16)19/h2-11H,12H2,1H3. The quantitative estimate of drug-likeness (QED) is 0.692. The Morgan fingerprint density at radius 3 is 2.77 bits per heavy atom. The van der Waals surface area contributed by atoms with Gasteiger partial charge >= 0.3 is 0 Å². The minimum atomic E-state index is -0.217. The van der Waals surface area contributed by atoms with Crippen LogP contribution in [0.5, 0.6) is 5.75 Å². The zero-order valence-corrected chi connectivity index (χ0v) is 12.2. The van der Waals surface area contributed by atoms with Crippen molar-refractivity contribution >= 4 is 23.1 Å². The minimum absolute atomic E-state index is 0.0829. The summed E-state index contributed by atoms with van der Waals surface area (Å²) in [7, 11) is 0. The fourth-order valence-electron chi connectivity index (χ4n) is 2.43. The molecule has 4 nitrogen and oxygen atoms in total. The molecule has 0 fully saturated rings. The summed E-state index contributed by atoms with van der Waals surface area (Å²) >= 11 is 0. The van der Waals surface area contributed by atoms with Gasteiger partial charge in [-0.1, -0.05) is 30.3 Å². The highest BCUT2D eigenvalue weighted by molar-refractivity contribution is 6.02. The summed E-state index contributed by atoms with van der Waals surface area (Å²) in [5.41, 5.74) is 2.28. The molecule has 4 heteroatoms. The van der Waals surface area contributed by atoms with E-state index < -0.39 is 0 Å². The molecule has 0 bridgehead atoms. The summed E-state index contributed by atoms with van der Waals surface area (Å²) in [5, 5.41) is 0.765. The average Bonchev–Trinajstić information content (AvgIpc) is 2.92. The molecule has 110 valence electrons. The number of rotatable bonds is 4.